The Morgan fingerprint density at radius 2 is 1.80 bits per heavy atom. The molecule has 0 saturated heterocycles. The lowest BCUT2D eigenvalue weighted by molar-refractivity contribution is -0.0609. The van der Waals surface area contributed by atoms with Crippen LogP contribution in [0, 0.1) is 23.2 Å². The number of rotatable bonds is 4. The molecule has 5 rings (SSSR count). The van der Waals surface area contributed by atoms with Gasteiger partial charge in [0.2, 0.25) is 5.89 Å². The highest BCUT2D eigenvalue weighted by Crippen LogP contribution is 2.62. The topological polar surface area (TPSA) is 64.9 Å². The summed E-state index contributed by atoms with van der Waals surface area (Å²) in [7, 11) is 0. The first kappa shape index (κ1) is 12.8. The molecule has 4 fully saturated rings. The van der Waals surface area contributed by atoms with E-state index in [1.807, 2.05) is 6.92 Å². The highest BCUT2D eigenvalue weighted by molar-refractivity contribution is 5.04. The van der Waals surface area contributed by atoms with E-state index in [-0.39, 0.29) is 6.04 Å². The van der Waals surface area contributed by atoms with E-state index < -0.39 is 0 Å². The molecule has 1 unspecified atom stereocenters. The van der Waals surface area contributed by atoms with Crippen LogP contribution in [0.1, 0.15) is 69.6 Å². The van der Waals surface area contributed by atoms with E-state index in [1.165, 1.54) is 38.5 Å². The second-order valence-electron chi connectivity index (χ2n) is 7.63. The third kappa shape index (κ3) is 2.09. The zero-order chi connectivity index (χ0) is 13.7. The molecule has 0 aliphatic heterocycles. The Morgan fingerprint density at radius 3 is 2.30 bits per heavy atom. The largest absolute Gasteiger partial charge is 0.339 e. The Labute approximate surface area is 120 Å². The number of nitrogens with zero attached hydrogens (tertiary/aromatic N) is 2. The van der Waals surface area contributed by atoms with Gasteiger partial charge in [0.15, 0.2) is 5.82 Å². The predicted octanol–water partition coefficient (Wildman–Crippen LogP) is 3.24. The molecule has 0 radical (unpaired) electrons. The third-order valence-electron chi connectivity index (χ3n) is 5.94. The lowest BCUT2D eigenvalue weighted by Crippen LogP contribution is -2.47. The van der Waals surface area contributed by atoms with Crippen LogP contribution >= 0.6 is 0 Å². The molecule has 4 aliphatic carbocycles. The van der Waals surface area contributed by atoms with Gasteiger partial charge in [-0.05, 0) is 68.1 Å². The summed E-state index contributed by atoms with van der Waals surface area (Å²) < 4.78 is 5.21. The molecule has 1 aromatic heterocycles. The number of nitrogens with two attached hydrogens (primary N) is 1. The fourth-order valence-corrected chi connectivity index (χ4v) is 5.66. The van der Waals surface area contributed by atoms with Crippen LogP contribution in [0.15, 0.2) is 4.52 Å². The van der Waals surface area contributed by atoms with E-state index in [0.717, 1.165) is 36.4 Å². The smallest absolute Gasteiger partial charge is 0.226 e. The van der Waals surface area contributed by atoms with Gasteiger partial charge in [0.25, 0.3) is 0 Å². The molecule has 1 atom stereocenters. The second-order valence-corrected chi connectivity index (χ2v) is 7.63. The molecule has 4 aliphatic rings. The standard InChI is InChI=1S/C16H25N3O/c1-2-14-18-15(19-20-14)13(17)9-16-6-10-3-11(7-16)5-12(4-10)8-16/h10-13H,2-9,17H2,1H3. The summed E-state index contributed by atoms with van der Waals surface area (Å²) in [6.45, 7) is 2.03. The summed E-state index contributed by atoms with van der Waals surface area (Å²) in [5.41, 5.74) is 6.89. The lowest BCUT2D eigenvalue weighted by atomic mass is 9.48. The summed E-state index contributed by atoms with van der Waals surface area (Å²) in [5, 5.41) is 4.07. The fourth-order valence-electron chi connectivity index (χ4n) is 5.66. The van der Waals surface area contributed by atoms with Crippen molar-refractivity contribution < 1.29 is 4.52 Å². The van der Waals surface area contributed by atoms with Crippen LogP contribution in [-0.2, 0) is 6.42 Å². The van der Waals surface area contributed by atoms with Gasteiger partial charge in [-0.2, -0.15) is 4.98 Å². The Balaban J connectivity index is 1.50. The Hall–Kier alpha value is -0.900. The van der Waals surface area contributed by atoms with Gasteiger partial charge < -0.3 is 10.3 Å². The Kier molecular flexibility index (Phi) is 2.92. The summed E-state index contributed by atoms with van der Waals surface area (Å²) in [6.07, 6.45) is 10.5. The SMILES string of the molecule is CCc1nc(C(N)CC23CC4CC(CC(C4)C2)C3)no1. The molecule has 4 bridgehead atoms. The van der Waals surface area contributed by atoms with E-state index in [2.05, 4.69) is 10.1 Å². The van der Waals surface area contributed by atoms with E-state index in [1.54, 1.807) is 0 Å². The van der Waals surface area contributed by atoms with Gasteiger partial charge in [0, 0.05) is 6.42 Å². The van der Waals surface area contributed by atoms with Crippen molar-refractivity contribution in [1.82, 2.24) is 10.1 Å². The van der Waals surface area contributed by atoms with Crippen molar-refractivity contribution in [2.24, 2.45) is 28.9 Å². The van der Waals surface area contributed by atoms with Crippen molar-refractivity contribution in [1.29, 1.82) is 0 Å². The Bertz CT molecular complexity index is 460. The first-order valence-corrected chi connectivity index (χ1v) is 8.24. The minimum Gasteiger partial charge on any atom is -0.339 e. The number of aryl methyl sites for hydroxylation is 1. The maximum Gasteiger partial charge on any atom is 0.226 e. The van der Waals surface area contributed by atoms with Crippen molar-refractivity contribution >= 4 is 0 Å². The van der Waals surface area contributed by atoms with E-state index >= 15 is 0 Å². The van der Waals surface area contributed by atoms with Gasteiger partial charge in [-0.25, -0.2) is 0 Å². The van der Waals surface area contributed by atoms with Crippen LogP contribution in [0.2, 0.25) is 0 Å². The van der Waals surface area contributed by atoms with Gasteiger partial charge in [0.1, 0.15) is 0 Å². The summed E-state index contributed by atoms with van der Waals surface area (Å²) in [5.74, 6) is 4.36. The Morgan fingerprint density at radius 1 is 1.20 bits per heavy atom. The van der Waals surface area contributed by atoms with Gasteiger partial charge in [-0.15, -0.1) is 0 Å². The van der Waals surface area contributed by atoms with Crippen molar-refractivity contribution in [2.75, 3.05) is 0 Å². The average molecular weight is 275 g/mol. The zero-order valence-electron chi connectivity index (χ0n) is 12.3. The van der Waals surface area contributed by atoms with Crippen LogP contribution in [0.25, 0.3) is 0 Å². The molecule has 4 heteroatoms. The third-order valence-corrected chi connectivity index (χ3v) is 5.94. The lowest BCUT2D eigenvalue weighted by Gasteiger charge is -2.57. The normalized spacial score (nSPS) is 40.2. The molecule has 0 spiro atoms. The molecule has 1 heterocycles. The fraction of sp³-hybridized carbons (Fsp3) is 0.875. The van der Waals surface area contributed by atoms with Gasteiger partial charge >= 0.3 is 0 Å². The highest BCUT2D eigenvalue weighted by Gasteiger charge is 2.51. The maximum absolute atomic E-state index is 6.40. The van der Waals surface area contributed by atoms with Crippen molar-refractivity contribution in [3.05, 3.63) is 11.7 Å². The molecular formula is C16H25N3O. The minimum absolute atomic E-state index is 0.0460. The summed E-state index contributed by atoms with van der Waals surface area (Å²) in [6, 6.07) is -0.0460. The molecule has 20 heavy (non-hydrogen) atoms. The molecular weight excluding hydrogens is 250 g/mol. The van der Waals surface area contributed by atoms with E-state index in [9.17, 15) is 0 Å². The summed E-state index contributed by atoms with van der Waals surface area (Å²) in [4.78, 5) is 4.42. The predicted molar refractivity (Wildman–Crippen MR) is 75.8 cm³/mol. The number of hydrogen-bond acceptors (Lipinski definition) is 4. The van der Waals surface area contributed by atoms with E-state index in [0.29, 0.717) is 11.3 Å². The van der Waals surface area contributed by atoms with E-state index in [4.69, 9.17) is 10.3 Å². The van der Waals surface area contributed by atoms with Crippen LogP contribution in [0.5, 0.6) is 0 Å². The molecule has 2 N–H and O–H groups in total. The maximum atomic E-state index is 6.40. The quantitative estimate of drug-likeness (QED) is 0.916. The number of aromatic nitrogens is 2. The number of hydrogen-bond donors (Lipinski definition) is 1. The first-order valence-electron chi connectivity index (χ1n) is 8.24. The van der Waals surface area contributed by atoms with Crippen molar-refractivity contribution in [2.45, 2.75) is 64.3 Å². The van der Waals surface area contributed by atoms with Crippen molar-refractivity contribution in [3.8, 4) is 0 Å². The molecule has 110 valence electrons. The molecule has 1 aromatic rings. The highest BCUT2D eigenvalue weighted by atomic mass is 16.5. The molecule has 4 nitrogen and oxygen atoms in total. The zero-order valence-corrected chi connectivity index (χ0v) is 12.3. The molecule has 0 amide bonds. The van der Waals surface area contributed by atoms with Gasteiger partial charge in [-0.1, -0.05) is 12.1 Å². The second kappa shape index (κ2) is 4.55. The van der Waals surface area contributed by atoms with Crippen LogP contribution in [-0.4, -0.2) is 10.1 Å². The molecule has 4 saturated carbocycles. The van der Waals surface area contributed by atoms with Crippen molar-refractivity contribution in [3.63, 3.8) is 0 Å². The van der Waals surface area contributed by atoms with Crippen LogP contribution < -0.4 is 5.73 Å². The van der Waals surface area contributed by atoms with Gasteiger partial charge in [-0.3, -0.25) is 0 Å². The van der Waals surface area contributed by atoms with Gasteiger partial charge in [0.05, 0.1) is 6.04 Å². The molecule has 0 aromatic carbocycles. The monoisotopic (exact) mass is 275 g/mol. The average Bonchev–Trinajstić information content (AvgIpc) is 2.85. The van der Waals surface area contributed by atoms with Crippen LogP contribution in [0.3, 0.4) is 0 Å². The summed E-state index contributed by atoms with van der Waals surface area (Å²) >= 11 is 0. The minimum atomic E-state index is -0.0460. The first-order chi connectivity index (χ1) is 9.66. The van der Waals surface area contributed by atoms with Crippen LogP contribution in [0.4, 0.5) is 0 Å².